The van der Waals surface area contributed by atoms with Crippen molar-refractivity contribution in [3.63, 3.8) is 0 Å². The van der Waals surface area contributed by atoms with Gasteiger partial charge < -0.3 is 5.32 Å². The summed E-state index contributed by atoms with van der Waals surface area (Å²) in [5.74, 6) is 0.0197. The predicted molar refractivity (Wildman–Crippen MR) is 69.5 cm³/mol. The lowest BCUT2D eigenvalue weighted by atomic mass is 9.89. The van der Waals surface area contributed by atoms with E-state index in [4.69, 9.17) is 0 Å². The number of amides is 1. The Kier molecular flexibility index (Phi) is 4.27. The minimum Gasteiger partial charge on any atom is -0.311 e. The zero-order valence-electron chi connectivity index (χ0n) is 10.8. The molecule has 2 aliphatic rings. The molecule has 0 aliphatic carbocycles. The summed E-state index contributed by atoms with van der Waals surface area (Å²) in [6.45, 7) is 1.79. The van der Waals surface area contributed by atoms with E-state index in [9.17, 15) is 13.2 Å². The largest absolute Gasteiger partial charge is 0.311 e. The molecule has 0 spiro atoms. The molecule has 104 valence electrons. The van der Waals surface area contributed by atoms with Gasteiger partial charge in [-0.3, -0.25) is 9.52 Å². The highest BCUT2D eigenvalue weighted by Gasteiger charge is 2.34. The maximum absolute atomic E-state index is 11.7. The predicted octanol–water partition coefficient (Wildman–Crippen LogP) is 0.763. The van der Waals surface area contributed by atoms with Gasteiger partial charge in [0.05, 0.1) is 5.75 Å². The highest BCUT2D eigenvalue weighted by atomic mass is 32.2. The number of fused-ring (bicyclic) bond motifs is 2. The number of nitrogens with one attached hydrogen (secondary N) is 2. The highest BCUT2D eigenvalue weighted by molar-refractivity contribution is 7.90. The number of rotatable bonds is 5. The van der Waals surface area contributed by atoms with Gasteiger partial charge in [-0.05, 0) is 38.0 Å². The second-order valence-electron chi connectivity index (χ2n) is 5.52. The first kappa shape index (κ1) is 13.8. The van der Waals surface area contributed by atoms with Crippen molar-refractivity contribution in [2.45, 2.75) is 57.5 Å². The maximum atomic E-state index is 11.7. The number of carbonyl (C=O) groups is 1. The summed E-state index contributed by atoms with van der Waals surface area (Å²) in [5.41, 5.74) is 0. The van der Waals surface area contributed by atoms with Gasteiger partial charge in [0.15, 0.2) is 0 Å². The Morgan fingerprint density at radius 1 is 1.28 bits per heavy atom. The smallest absolute Gasteiger partial charge is 0.234 e. The lowest BCUT2D eigenvalue weighted by Crippen LogP contribution is -2.40. The second-order valence-corrected chi connectivity index (χ2v) is 7.37. The van der Waals surface area contributed by atoms with Gasteiger partial charge >= 0.3 is 0 Å². The van der Waals surface area contributed by atoms with Gasteiger partial charge in [-0.25, -0.2) is 8.42 Å². The zero-order chi connectivity index (χ0) is 13.2. The minimum atomic E-state index is -3.41. The van der Waals surface area contributed by atoms with E-state index in [0.29, 0.717) is 30.8 Å². The molecule has 0 radical (unpaired) electrons. The van der Waals surface area contributed by atoms with Crippen LogP contribution in [0, 0.1) is 5.92 Å². The average molecular weight is 274 g/mol. The van der Waals surface area contributed by atoms with E-state index >= 15 is 0 Å². The van der Waals surface area contributed by atoms with Gasteiger partial charge in [0.25, 0.3) is 0 Å². The van der Waals surface area contributed by atoms with Crippen LogP contribution < -0.4 is 10.0 Å². The Morgan fingerprint density at radius 2 is 1.89 bits per heavy atom. The third kappa shape index (κ3) is 3.68. The molecule has 0 saturated carbocycles. The van der Waals surface area contributed by atoms with E-state index < -0.39 is 10.0 Å². The molecule has 2 rings (SSSR count). The van der Waals surface area contributed by atoms with E-state index in [1.165, 1.54) is 12.8 Å². The normalized spacial score (nSPS) is 31.3. The van der Waals surface area contributed by atoms with Crippen molar-refractivity contribution in [2.24, 2.45) is 5.92 Å². The fourth-order valence-corrected chi connectivity index (χ4v) is 4.21. The highest BCUT2D eigenvalue weighted by Crippen LogP contribution is 2.32. The van der Waals surface area contributed by atoms with E-state index in [2.05, 4.69) is 10.0 Å². The van der Waals surface area contributed by atoms with Crippen molar-refractivity contribution in [3.05, 3.63) is 0 Å². The van der Waals surface area contributed by atoms with Crippen LogP contribution in [0.15, 0.2) is 0 Å². The van der Waals surface area contributed by atoms with Crippen molar-refractivity contribution in [1.29, 1.82) is 0 Å². The van der Waals surface area contributed by atoms with Crippen LogP contribution in [0.5, 0.6) is 0 Å². The van der Waals surface area contributed by atoms with Crippen molar-refractivity contribution in [3.8, 4) is 0 Å². The molecule has 2 aliphatic heterocycles. The molecule has 2 saturated heterocycles. The van der Waals surface area contributed by atoms with Crippen LogP contribution in [0.4, 0.5) is 0 Å². The van der Waals surface area contributed by atoms with Crippen LogP contribution in [0.3, 0.4) is 0 Å². The summed E-state index contributed by atoms with van der Waals surface area (Å²) in [6.07, 6.45) is 5.25. The SMILES string of the molecule is CCCS(=O)(=O)NC(=O)CC1CC2CCC(C1)N2. The fourth-order valence-electron chi connectivity index (χ4n) is 3.14. The number of hydrogen-bond donors (Lipinski definition) is 2. The van der Waals surface area contributed by atoms with Gasteiger partial charge in [0.1, 0.15) is 0 Å². The lowest BCUT2D eigenvalue weighted by molar-refractivity contribution is -0.120. The van der Waals surface area contributed by atoms with Crippen LogP contribution in [-0.2, 0) is 14.8 Å². The molecule has 2 N–H and O–H groups in total. The second kappa shape index (κ2) is 5.57. The standard InChI is InChI=1S/C12H22N2O3S/c1-2-5-18(16,17)14-12(15)8-9-6-10-3-4-11(7-9)13-10/h9-11,13H,2-8H2,1H3,(H,14,15). The number of piperidine rings is 1. The molecule has 0 aromatic rings. The third-order valence-corrected chi connectivity index (χ3v) is 5.27. The molecule has 18 heavy (non-hydrogen) atoms. The van der Waals surface area contributed by atoms with Gasteiger partial charge in [-0.2, -0.15) is 0 Å². The molecule has 0 aromatic heterocycles. The van der Waals surface area contributed by atoms with E-state index in [-0.39, 0.29) is 11.7 Å². The topological polar surface area (TPSA) is 75.3 Å². The summed E-state index contributed by atoms with van der Waals surface area (Å²) < 4.78 is 25.1. The Bertz CT molecular complexity index is 396. The summed E-state index contributed by atoms with van der Waals surface area (Å²) >= 11 is 0. The Morgan fingerprint density at radius 3 is 2.44 bits per heavy atom. The van der Waals surface area contributed by atoms with Gasteiger partial charge in [-0.15, -0.1) is 0 Å². The number of hydrogen-bond acceptors (Lipinski definition) is 4. The Balaban J connectivity index is 1.81. The minimum absolute atomic E-state index is 0.0240. The molecule has 2 atom stereocenters. The molecule has 6 heteroatoms. The number of sulfonamides is 1. The molecular formula is C12H22N2O3S. The van der Waals surface area contributed by atoms with Crippen LogP contribution in [0.25, 0.3) is 0 Å². The molecule has 5 nitrogen and oxygen atoms in total. The quantitative estimate of drug-likeness (QED) is 0.776. The van der Waals surface area contributed by atoms with Crippen LogP contribution >= 0.6 is 0 Å². The van der Waals surface area contributed by atoms with Crippen molar-refractivity contribution >= 4 is 15.9 Å². The van der Waals surface area contributed by atoms with Crippen molar-refractivity contribution in [1.82, 2.24) is 10.0 Å². The van der Waals surface area contributed by atoms with Crippen molar-refractivity contribution in [2.75, 3.05) is 5.75 Å². The van der Waals surface area contributed by atoms with Crippen LogP contribution in [0.2, 0.25) is 0 Å². The first-order chi connectivity index (χ1) is 8.48. The van der Waals surface area contributed by atoms with E-state index in [0.717, 1.165) is 12.8 Å². The molecular weight excluding hydrogens is 252 g/mol. The first-order valence-electron chi connectivity index (χ1n) is 6.78. The van der Waals surface area contributed by atoms with Crippen molar-refractivity contribution < 1.29 is 13.2 Å². The molecule has 2 fully saturated rings. The monoisotopic (exact) mass is 274 g/mol. The molecule has 2 unspecified atom stereocenters. The van der Waals surface area contributed by atoms with Gasteiger partial charge in [-0.1, -0.05) is 6.92 Å². The fraction of sp³-hybridized carbons (Fsp3) is 0.917. The summed E-state index contributed by atoms with van der Waals surface area (Å²) in [7, 11) is -3.41. The third-order valence-electron chi connectivity index (χ3n) is 3.79. The summed E-state index contributed by atoms with van der Waals surface area (Å²) in [4.78, 5) is 11.7. The first-order valence-corrected chi connectivity index (χ1v) is 8.43. The van der Waals surface area contributed by atoms with E-state index in [1.807, 2.05) is 0 Å². The van der Waals surface area contributed by atoms with Crippen LogP contribution in [-0.4, -0.2) is 32.2 Å². The summed E-state index contributed by atoms with van der Waals surface area (Å²) in [6, 6.07) is 1.07. The Labute approximate surface area is 109 Å². The molecule has 0 aromatic carbocycles. The van der Waals surface area contributed by atoms with E-state index in [1.54, 1.807) is 6.92 Å². The maximum Gasteiger partial charge on any atom is 0.234 e. The van der Waals surface area contributed by atoms with Gasteiger partial charge in [0, 0.05) is 18.5 Å². The number of carbonyl (C=O) groups excluding carboxylic acids is 1. The molecule has 2 heterocycles. The lowest BCUT2D eigenvalue weighted by Gasteiger charge is -2.28. The zero-order valence-corrected chi connectivity index (χ0v) is 11.6. The van der Waals surface area contributed by atoms with Crippen LogP contribution in [0.1, 0.15) is 45.4 Å². The molecule has 2 bridgehead atoms. The Hall–Kier alpha value is -0.620. The average Bonchev–Trinajstić information content (AvgIpc) is 2.56. The summed E-state index contributed by atoms with van der Waals surface area (Å²) in [5, 5.41) is 3.51. The van der Waals surface area contributed by atoms with Gasteiger partial charge in [0.2, 0.25) is 15.9 Å². The molecule has 1 amide bonds.